The number of aliphatic imine (C=N–C) groups is 2. The van der Waals surface area contributed by atoms with E-state index in [1.54, 1.807) is 0 Å². The quantitative estimate of drug-likeness (QED) is 0.558. The number of amidine groups is 2. The Morgan fingerprint density at radius 3 is 2.14 bits per heavy atom. The summed E-state index contributed by atoms with van der Waals surface area (Å²) in [5.41, 5.74) is 1.25. The number of nitrogens with one attached hydrogen (secondary N) is 1. The monoisotopic (exact) mass is 383 g/mol. The van der Waals surface area contributed by atoms with Gasteiger partial charge in [-0.3, -0.25) is 0 Å². The van der Waals surface area contributed by atoms with Gasteiger partial charge in [0.1, 0.15) is 11.7 Å². The largest absolute Gasteiger partial charge is 0.416 e. The normalized spacial score (nSPS) is 13.7. The van der Waals surface area contributed by atoms with Crippen molar-refractivity contribution in [3.8, 4) is 0 Å². The van der Waals surface area contributed by atoms with Crippen LogP contribution in [0.2, 0.25) is 0 Å². The number of alkyl halides is 3. The van der Waals surface area contributed by atoms with Gasteiger partial charge in [-0.1, -0.05) is 42.5 Å². The molecule has 0 radical (unpaired) electrons. The number of halogens is 4. The number of benzene rings is 3. The molecule has 3 nitrogen and oxygen atoms in total. The van der Waals surface area contributed by atoms with E-state index >= 15 is 0 Å². The Bertz CT molecular complexity index is 1070. The van der Waals surface area contributed by atoms with Crippen LogP contribution < -0.4 is 5.32 Å². The molecule has 0 bridgehead atoms. The second-order valence-electron chi connectivity index (χ2n) is 6.12. The first-order valence-corrected chi connectivity index (χ1v) is 8.37. The van der Waals surface area contributed by atoms with Crippen LogP contribution in [0.1, 0.15) is 16.7 Å². The molecule has 7 heteroatoms. The highest BCUT2D eigenvalue weighted by molar-refractivity contribution is 6.19. The molecule has 28 heavy (non-hydrogen) atoms. The van der Waals surface area contributed by atoms with E-state index in [4.69, 9.17) is 0 Å². The van der Waals surface area contributed by atoms with Gasteiger partial charge in [0.15, 0.2) is 5.84 Å². The third kappa shape index (κ3) is 3.64. The summed E-state index contributed by atoms with van der Waals surface area (Å²) in [5, 5.41) is 2.99. The lowest BCUT2D eigenvalue weighted by molar-refractivity contribution is -0.137. The number of hydrogen-bond donors (Lipinski definition) is 1. The predicted octanol–water partition coefficient (Wildman–Crippen LogP) is 5.80. The molecule has 1 aliphatic rings. The first-order valence-electron chi connectivity index (χ1n) is 8.37. The van der Waals surface area contributed by atoms with E-state index in [2.05, 4.69) is 15.3 Å². The molecular formula is C21H13F4N3. The molecule has 0 spiro atoms. The lowest BCUT2D eigenvalue weighted by atomic mass is 10.1. The molecule has 0 atom stereocenters. The predicted molar refractivity (Wildman–Crippen MR) is 101 cm³/mol. The van der Waals surface area contributed by atoms with Crippen molar-refractivity contribution in [2.24, 2.45) is 9.98 Å². The Hall–Kier alpha value is -3.48. The molecule has 1 heterocycles. The van der Waals surface area contributed by atoms with Gasteiger partial charge >= 0.3 is 6.18 Å². The molecule has 140 valence electrons. The Morgan fingerprint density at radius 2 is 1.46 bits per heavy atom. The molecule has 0 unspecified atom stereocenters. The average Bonchev–Trinajstić information content (AvgIpc) is 2.87. The molecule has 1 N–H and O–H groups in total. The van der Waals surface area contributed by atoms with E-state index < -0.39 is 17.6 Å². The molecule has 0 fully saturated rings. The van der Waals surface area contributed by atoms with Gasteiger partial charge in [0.05, 0.1) is 16.9 Å². The van der Waals surface area contributed by atoms with Crippen LogP contribution in [0.25, 0.3) is 0 Å². The van der Waals surface area contributed by atoms with Crippen molar-refractivity contribution in [2.75, 3.05) is 5.32 Å². The molecule has 0 amide bonds. The number of nitrogens with zero attached hydrogens (tertiary/aromatic N) is 2. The van der Waals surface area contributed by atoms with E-state index in [9.17, 15) is 17.6 Å². The third-order valence-electron chi connectivity index (χ3n) is 4.17. The van der Waals surface area contributed by atoms with Crippen LogP contribution in [0.3, 0.4) is 0 Å². The zero-order valence-corrected chi connectivity index (χ0v) is 14.3. The molecule has 0 saturated carbocycles. The van der Waals surface area contributed by atoms with Crippen LogP contribution in [0.15, 0.2) is 82.8 Å². The standard InChI is InChI=1S/C21H13F4N3/c22-16-10-11-17-18(12-16)27-20(14-6-8-15(9-7-14)21(23,24)25)28-19(26-17)13-4-2-1-3-5-13/h1-12H,(H,26,27,28). The average molecular weight is 383 g/mol. The Morgan fingerprint density at radius 1 is 0.750 bits per heavy atom. The molecule has 3 aromatic rings. The zero-order valence-electron chi connectivity index (χ0n) is 14.3. The van der Waals surface area contributed by atoms with Crippen LogP contribution in [-0.2, 0) is 6.18 Å². The van der Waals surface area contributed by atoms with Crippen LogP contribution >= 0.6 is 0 Å². The van der Waals surface area contributed by atoms with Gasteiger partial charge in [0.25, 0.3) is 0 Å². The van der Waals surface area contributed by atoms with Crippen LogP contribution in [0.5, 0.6) is 0 Å². The minimum Gasteiger partial charge on any atom is -0.338 e. The fraction of sp³-hybridized carbons (Fsp3) is 0.0476. The molecule has 0 saturated heterocycles. The number of fused-ring (bicyclic) bond motifs is 1. The maximum Gasteiger partial charge on any atom is 0.416 e. The summed E-state index contributed by atoms with van der Waals surface area (Å²) < 4.78 is 52.2. The van der Waals surface area contributed by atoms with Crippen molar-refractivity contribution in [3.63, 3.8) is 0 Å². The van der Waals surface area contributed by atoms with E-state index in [0.717, 1.165) is 17.7 Å². The first kappa shape index (κ1) is 17.9. The lowest BCUT2D eigenvalue weighted by Gasteiger charge is -2.11. The third-order valence-corrected chi connectivity index (χ3v) is 4.17. The van der Waals surface area contributed by atoms with E-state index in [1.165, 1.54) is 30.3 Å². The van der Waals surface area contributed by atoms with Gasteiger partial charge in [0, 0.05) is 11.1 Å². The van der Waals surface area contributed by atoms with Gasteiger partial charge < -0.3 is 5.32 Å². The minimum absolute atomic E-state index is 0.278. The number of anilines is 1. The van der Waals surface area contributed by atoms with Gasteiger partial charge in [-0.25, -0.2) is 14.4 Å². The second-order valence-corrected chi connectivity index (χ2v) is 6.12. The van der Waals surface area contributed by atoms with Gasteiger partial charge in [0.2, 0.25) is 0 Å². The summed E-state index contributed by atoms with van der Waals surface area (Å²) in [6, 6.07) is 17.8. The van der Waals surface area contributed by atoms with Crippen molar-refractivity contribution in [1.82, 2.24) is 0 Å². The summed E-state index contributed by atoms with van der Waals surface area (Å²) in [6.07, 6.45) is -4.43. The van der Waals surface area contributed by atoms with Crippen molar-refractivity contribution < 1.29 is 17.6 Å². The minimum atomic E-state index is -4.43. The maximum atomic E-state index is 13.7. The molecule has 3 aromatic carbocycles. The molecule has 4 rings (SSSR count). The zero-order chi connectivity index (χ0) is 19.7. The topological polar surface area (TPSA) is 36.8 Å². The SMILES string of the molecule is Fc1ccc2c(c1)NC(c1ccc(C(F)(F)F)cc1)=NC(c1ccccc1)=N2. The lowest BCUT2D eigenvalue weighted by Crippen LogP contribution is -2.15. The highest BCUT2D eigenvalue weighted by Crippen LogP contribution is 2.31. The summed E-state index contributed by atoms with van der Waals surface area (Å²) in [4.78, 5) is 9.01. The van der Waals surface area contributed by atoms with Gasteiger partial charge in [-0.05, 0) is 30.3 Å². The Kier molecular flexibility index (Phi) is 4.43. The number of hydrogen-bond acceptors (Lipinski definition) is 3. The molecule has 0 aliphatic carbocycles. The van der Waals surface area contributed by atoms with Crippen LogP contribution in [-0.4, -0.2) is 11.7 Å². The maximum absolute atomic E-state index is 13.7. The summed E-state index contributed by atoms with van der Waals surface area (Å²) in [7, 11) is 0. The van der Waals surface area contributed by atoms with Gasteiger partial charge in [-0.2, -0.15) is 13.2 Å². The smallest absolute Gasteiger partial charge is 0.338 e. The first-order chi connectivity index (χ1) is 13.4. The molecule has 1 aliphatic heterocycles. The van der Waals surface area contributed by atoms with Crippen LogP contribution in [0.4, 0.5) is 28.9 Å². The fourth-order valence-electron chi connectivity index (χ4n) is 2.78. The van der Waals surface area contributed by atoms with Crippen molar-refractivity contribution in [3.05, 3.63) is 95.3 Å². The summed E-state index contributed by atoms with van der Waals surface area (Å²) in [5.74, 6) is 0.186. The highest BCUT2D eigenvalue weighted by Gasteiger charge is 2.30. The Balaban J connectivity index is 1.82. The molecular weight excluding hydrogens is 370 g/mol. The second kappa shape index (κ2) is 6.92. The van der Waals surface area contributed by atoms with Crippen LogP contribution in [0, 0.1) is 5.82 Å². The van der Waals surface area contributed by atoms with Gasteiger partial charge in [-0.15, -0.1) is 0 Å². The highest BCUT2D eigenvalue weighted by atomic mass is 19.4. The van der Waals surface area contributed by atoms with Crippen molar-refractivity contribution in [2.45, 2.75) is 6.18 Å². The fourth-order valence-corrected chi connectivity index (χ4v) is 2.78. The summed E-state index contributed by atoms with van der Waals surface area (Å²) in [6.45, 7) is 0. The van der Waals surface area contributed by atoms with E-state index in [-0.39, 0.29) is 5.84 Å². The van der Waals surface area contributed by atoms with Crippen molar-refractivity contribution in [1.29, 1.82) is 0 Å². The van der Waals surface area contributed by atoms with E-state index in [1.807, 2.05) is 30.3 Å². The summed E-state index contributed by atoms with van der Waals surface area (Å²) >= 11 is 0. The van der Waals surface area contributed by atoms with Crippen molar-refractivity contribution >= 4 is 23.0 Å². The molecule has 0 aromatic heterocycles. The number of rotatable bonds is 2. The Labute approximate surface area is 158 Å². The van der Waals surface area contributed by atoms with E-state index in [0.29, 0.717) is 22.8 Å².